The first-order valence-electron chi connectivity index (χ1n) is 3.84. The molecule has 1 rings (SSSR count). The number of hydrogen-bond donors (Lipinski definition) is 3. The molecule has 0 fully saturated rings. The number of carboxylic acid groups (broad SMARTS) is 1. The van der Waals surface area contributed by atoms with Gasteiger partial charge in [0.15, 0.2) is 17.6 Å². The van der Waals surface area contributed by atoms with Crippen molar-refractivity contribution in [2.24, 2.45) is 0 Å². The average Bonchev–Trinajstić information content (AvgIpc) is 2.16. The molecule has 1 atom stereocenters. The second-order valence-electron chi connectivity index (χ2n) is 2.67. The highest BCUT2D eigenvalue weighted by Gasteiger charge is 2.17. The Kier molecular flexibility index (Phi) is 2.93. The average molecular weight is 198 g/mol. The molecule has 5 nitrogen and oxygen atoms in total. The Bertz CT molecular complexity index is 347. The molecule has 0 aliphatic rings. The van der Waals surface area contributed by atoms with E-state index < -0.39 is 12.1 Å². The standard InChI is InChI=1S/C9H10O5/c1-14-7-3-2-5(4-6(7)10)8(11)9(12)13/h2-4,8,10-11H,1H3,(H,12,13)/t8-/m0/s1. The van der Waals surface area contributed by atoms with Crippen LogP contribution in [0.25, 0.3) is 0 Å². The van der Waals surface area contributed by atoms with Crippen molar-refractivity contribution in [2.45, 2.75) is 6.10 Å². The van der Waals surface area contributed by atoms with Crippen LogP contribution in [0.2, 0.25) is 0 Å². The van der Waals surface area contributed by atoms with Gasteiger partial charge in [0.25, 0.3) is 0 Å². The van der Waals surface area contributed by atoms with Crippen molar-refractivity contribution in [1.29, 1.82) is 0 Å². The first-order valence-corrected chi connectivity index (χ1v) is 3.84. The van der Waals surface area contributed by atoms with Crippen LogP contribution >= 0.6 is 0 Å². The predicted molar refractivity (Wildman–Crippen MR) is 47.3 cm³/mol. The molecule has 0 bridgehead atoms. The second-order valence-corrected chi connectivity index (χ2v) is 2.67. The van der Waals surface area contributed by atoms with Gasteiger partial charge < -0.3 is 20.1 Å². The van der Waals surface area contributed by atoms with E-state index in [9.17, 15) is 9.90 Å². The molecule has 0 radical (unpaired) electrons. The fraction of sp³-hybridized carbons (Fsp3) is 0.222. The molecule has 0 saturated carbocycles. The number of ether oxygens (including phenoxy) is 1. The molecule has 5 heteroatoms. The fourth-order valence-corrected chi connectivity index (χ4v) is 1.02. The number of aliphatic hydroxyl groups excluding tert-OH is 1. The van der Waals surface area contributed by atoms with Crippen LogP contribution in [-0.4, -0.2) is 28.4 Å². The monoisotopic (exact) mass is 198 g/mol. The lowest BCUT2D eigenvalue weighted by molar-refractivity contribution is -0.146. The molecule has 0 aliphatic carbocycles. The van der Waals surface area contributed by atoms with Crippen LogP contribution < -0.4 is 4.74 Å². The Balaban J connectivity index is 3.02. The van der Waals surface area contributed by atoms with Gasteiger partial charge in [-0.1, -0.05) is 6.07 Å². The van der Waals surface area contributed by atoms with Gasteiger partial charge in [0.05, 0.1) is 7.11 Å². The normalized spacial score (nSPS) is 12.1. The summed E-state index contributed by atoms with van der Waals surface area (Å²) in [5.41, 5.74) is 0.107. The summed E-state index contributed by atoms with van der Waals surface area (Å²) in [7, 11) is 1.38. The largest absolute Gasteiger partial charge is 0.504 e. The molecule has 0 aromatic heterocycles. The van der Waals surface area contributed by atoms with Crippen LogP contribution in [0.4, 0.5) is 0 Å². The Labute approximate surface area is 80.2 Å². The maximum Gasteiger partial charge on any atom is 0.337 e. The molecule has 0 heterocycles. The van der Waals surface area contributed by atoms with E-state index in [1.165, 1.54) is 19.2 Å². The molecule has 76 valence electrons. The van der Waals surface area contributed by atoms with Crippen LogP contribution in [0.15, 0.2) is 18.2 Å². The van der Waals surface area contributed by atoms with Crippen LogP contribution in [0.5, 0.6) is 11.5 Å². The quantitative estimate of drug-likeness (QED) is 0.659. The first kappa shape index (κ1) is 10.3. The van der Waals surface area contributed by atoms with Crippen molar-refractivity contribution in [1.82, 2.24) is 0 Å². The molecule has 1 aromatic rings. The van der Waals surface area contributed by atoms with E-state index in [-0.39, 0.29) is 17.1 Å². The molecule has 0 saturated heterocycles. The number of aliphatic carboxylic acids is 1. The van der Waals surface area contributed by atoms with Crippen LogP contribution in [0, 0.1) is 0 Å². The highest BCUT2D eigenvalue weighted by atomic mass is 16.5. The highest BCUT2D eigenvalue weighted by molar-refractivity contribution is 5.74. The molecule has 14 heavy (non-hydrogen) atoms. The lowest BCUT2D eigenvalue weighted by atomic mass is 10.1. The number of methoxy groups -OCH3 is 1. The maximum absolute atomic E-state index is 10.4. The van der Waals surface area contributed by atoms with Gasteiger partial charge in [0.2, 0.25) is 0 Å². The van der Waals surface area contributed by atoms with Gasteiger partial charge in [-0.15, -0.1) is 0 Å². The summed E-state index contributed by atoms with van der Waals surface area (Å²) < 4.78 is 4.76. The van der Waals surface area contributed by atoms with E-state index in [4.69, 9.17) is 14.9 Å². The summed E-state index contributed by atoms with van der Waals surface area (Å²) in [6.07, 6.45) is -1.63. The van der Waals surface area contributed by atoms with Gasteiger partial charge in [0, 0.05) is 0 Å². The van der Waals surface area contributed by atoms with E-state index in [0.717, 1.165) is 6.07 Å². The minimum atomic E-state index is -1.63. The Morgan fingerprint density at radius 1 is 1.50 bits per heavy atom. The zero-order valence-corrected chi connectivity index (χ0v) is 7.47. The first-order chi connectivity index (χ1) is 6.56. The number of carbonyl (C=O) groups is 1. The van der Waals surface area contributed by atoms with Crippen molar-refractivity contribution in [3.63, 3.8) is 0 Å². The number of phenolic OH excluding ortho intramolecular Hbond substituents is 1. The molecule has 0 amide bonds. The maximum atomic E-state index is 10.4. The zero-order chi connectivity index (χ0) is 10.7. The predicted octanol–water partition coefficient (Wildman–Crippen LogP) is 0.519. The lowest BCUT2D eigenvalue weighted by Gasteiger charge is -2.08. The molecule has 1 aromatic carbocycles. The van der Waals surface area contributed by atoms with Gasteiger partial charge in [-0.2, -0.15) is 0 Å². The molecular formula is C9H10O5. The van der Waals surface area contributed by atoms with E-state index in [2.05, 4.69) is 0 Å². The van der Waals surface area contributed by atoms with Gasteiger partial charge in [-0.3, -0.25) is 0 Å². The number of rotatable bonds is 3. The summed E-state index contributed by atoms with van der Waals surface area (Å²) in [5, 5.41) is 26.9. The van der Waals surface area contributed by atoms with Crippen molar-refractivity contribution >= 4 is 5.97 Å². The van der Waals surface area contributed by atoms with Crippen molar-refractivity contribution < 1.29 is 24.9 Å². The number of aromatic hydroxyl groups is 1. The fourth-order valence-electron chi connectivity index (χ4n) is 1.02. The third-order valence-corrected chi connectivity index (χ3v) is 1.75. The molecular weight excluding hydrogens is 188 g/mol. The van der Waals surface area contributed by atoms with E-state index in [1.54, 1.807) is 0 Å². The van der Waals surface area contributed by atoms with Crippen molar-refractivity contribution in [3.05, 3.63) is 23.8 Å². The number of hydrogen-bond acceptors (Lipinski definition) is 4. The van der Waals surface area contributed by atoms with Crippen LogP contribution in [-0.2, 0) is 4.79 Å². The number of benzene rings is 1. The van der Waals surface area contributed by atoms with E-state index in [0.29, 0.717) is 0 Å². The summed E-state index contributed by atoms with van der Waals surface area (Å²) >= 11 is 0. The molecule has 0 unspecified atom stereocenters. The minimum Gasteiger partial charge on any atom is -0.504 e. The van der Waals surface area contributed by atoms with Crippen molar-refractivity contribution in [2.75, 3.05) is 7.11 Å². The minimum absolute atomic E-state index is 0.107. The van der Waals surface area contributed by atoms with Gasteiger partial charge >= 0.3 is 5.97 Å². The topological polar surface area (TPSA) is 87.0 Å². The Morgan fingerprint density at radius 2 is 2.14 bits per heavy atom. The number of carboxylic acids is 1. The molecule has 0 aliphatic heterocycles. The smallest absolute Gasteiger partial charge is 0.337 e. The SMILES string of the molecule is COc1ccc([C@H](O)C(=O)O)cc1O. The van der Waals surface area contributed by atoms with Gasteiger partial charge in [-0.05, 0) is 17.7 Å². The van der Waals surface area contributed by atoms with Crippen molar-refractivity contribution in [3.8, 4) is 11.5 Å². The van der Waals surface area contributed by atoms with Gasteiger partial charge in [-0.25, -0.2) is 4.79 Å². The van der Waals surface area contributed by atoms with Gasteiger partial charge in [0.1, 0.15) is 0 Å². The zero-order valence-electron chi connectivity index (χ0n) is 7.47. The van der Waals surface area contributed by atoms with E-state index in [1.807, 2.05) is 0 Å². The van der Waals surface area contributed by atoms with E-state index >= 15 is 0 Å². The second kappa shape index (κ2) is 3.97. The molecule has 3 N–H and O–H groups in total. The number of phenols is 1. The summed E-state index contributed by atoms with van der Waals surface area (Å²) in [6, 6.07) is 3.91. The third kappa shape index (κ3) is 1.94. The summed E-state index contributed by atoms with van der Waals surface area (Å²) in [4.78, 5) is 10.4. The highest BCUT2D eigenvalue weighted by Crippen LogP contribution is 2.28. The summed E-state index contributed by atoms with van der Waals surface area (Å²) in [6.45, 7) is 0. The van der Waals surface area contributed by atoms with Crippen LogP contribution in [0.1, 0.15) is 11.7 Å². The lowest BCUT2D eigenvalue weighted by Crippen LogP contribution is -2.10. The summed E-state index contributed by atoms with van der Waals surface area (Å²) in [5.74, 6) is -1.34. The van der Waals surface area contributed by atoms with Crippen LogP contribution in [0.3, 0.4) is 0 Å². The third-order valence-electron chi connectivity index (χ3n) is 1.75. The Hall–Kier alpha value is -1.75. The molecule has 0 spiro atoms. The number of aliphatic hydroxyl groups is 1. The Morgan fingerprint density at radius 3 is 2.57 bits per heavy atom.